The molecule has 0 spiro atoms. The van der Waals surface area contributed by atoms with E-state index in [1.165, 1.54) is 14.0 Å². The van der Waals surface area contributed by atoms with E-state index >= 15 is 0 Å². The first kappa shape index (κ1) is 19.6. The van der Waals surface area contributed by atoms with Crippen molar-refractivity contribution in [1.82, 2.24) is 4.90 Å². The van der Waals surface area contributed by atoms with E-state index in [2.05, 4.69) is 13.8 Å². The average molecular weight is 369 g/mol. The number of hydrogen-bond donors (Lipinski definition) is 0. The van der Waals surface area contributed by atoms with Crippen molar-refractivity contribution in [2.75, 3.05) is 19.4 Å². The van der Waals surface area contributed by atoms with E-state index in [9.17, 15) is 13.2 Å². The molecule has 0 heterocycles. The number of nitrogens with zero attached hydrogens (tertiary/aromatic N) is 1. The highest BCUT2D eigenvalue weighted by atomic mass is 32.2. The van der Waals surface area contributed by atoms with E-state index in [0.29, 0.717) is 24.8 Å². The van der Waals surface area contributed by atoms with Crippen molar-refractivity contribution in [1.29, 1.82) is 0 Å². The minimum atomic E-state index is -3.65. The summed E-state index contributed by atoms with van der Waals surface area (Å²) < 4.78 is 33.9. The summed E-state index contributed by atoms with van der Waals surface area (Å²) in [5.74, 6) is 1.06. The molecule has 7 heteroatoms. The number of methoxy groups -OCH3 is 1. The van der Waals surface area contributed by atoms with Gasteiger partial charge >= 0.3 is 10.1 Å². The van der Waals surface area contributed by atoms with E-state index in [-0.39, 0.29) is 23.3 Å². The minimum absolute atomic E-state index is 0.125. The van der Waals surface area contributed by atoms with E-state index in [1.807, 2.05) is 11.0 Å². The van der Waals surface area contributed by atoms with Gasteiger partial charge in [-0.15, -0.1) is 0 Å². The summed E-state index contributed by atoms with van der Waals surface area (Å²) in [6, 6.07) is 5.14. The summed E-state index contributed by atoms with van der Waals surface area (Å²) in [5.41, 5.74) is 0.816. The van der Waals surface area contributed by atoms with Gasteiger partial charge in [0.05, 0.1) is 12.9 Å². The smallest absolute Gasteiger partial charge is 0.309 e. The number of hydrogen-bond acceptors (Lipinski definition) is 5. The number of carbonyl (C=O) groups is 1. The first-order valence-electron chi connectivity index (χ1n) is 8.63. The molecule has 1 aromatic carbocycles. The van der Waals surface area contributed by atoms with Crippen molar-refractivity contribution < 1.29 is 22.1 Å². The molecule has 1 saturated carbocycles. The third-order valence-electron chi connectivity index (χ3n) is 4.00. The summed E-state index contributed by atoms with van der Waals surface area (Å²) >= 11 is 0. The lowest BCUT2D eigenvalue weighted by molar-refractivity contribution is -0.133. The first-order chi connectivity index (χ1) is 11.8. The lowest BCUT2D eigenvalue weighted by Gasteiger charge is -2.25. The Morgan fingerprint density at radius 1 is 1.28 bits per heavy atom. The first-order valence-corrected chi connectivity index (χ1v) is 10.2. The van der Waals surface area contributed by atoms with Gasteiger partial charge in [-0.25, -0.2) is 0 Å². The Hall–Kier alpha value is -1.76. The van der Waals surface area contributed by atoms with Gasteiger partial charge in [-0.3, -0.25) is 4.79 Å². The fourth-order valence-corrected chi connectivity index (χ4v) is 3.08. The Labute approximate surface area is 150 Å². The molecule has 1 aromatic rings. The fraction of sp³-hybridized carbons (Fsp3) is 0.611. The maximum absolute atomic E-state index is 12.5. The molecule has 0 radical (unpaired) electrons. The molecular formula is C18H27NO5S. The van der Waals surface area contributed by atoms with Crippen molar-refractivity contribution >= 4 is 16.0 Å². The number of benzene rings is 1. The van der Waals surface area contributed by atoms with Crippen molar-refractivity contribution in [3.8, 4) is 11.5 Å². The van der Waals surface area contributed by atoms with Crippen molar-refractivity contribution in [2.45, 2.75) is 40.2 Å². The summed E-state index contributed by atoms with van der Waals surface area (Å²) in [4.78, 5) is 14.4. The standard InChI is InChI=1S/C18H27NO5S/c1-5-25(21,22)24-17-10-14(6-9-16(17)23-4)12-19(11-13(2)3)18(20)15-7-8-15/h6,9-10,13,15H,5,7-8,11-12H2,1-4H3. The summed E-state index contributed by atoms with van der Waals surface area (Å²) in [7, 11) is -2.19. The zero-order chi connectivity index (χ0) is 18.6. The van der Waals surface area contributed by atoms with Gasteiger partial charge < -0.3 is 13.8 Å². The molecule has 0 saturated heterocycles. The molecule has 1 aliphatic rings. The summed E-state index contributed by atoms with van der Waals surface area (Å²) in [6.45, 7) is 6.77. The molecule has 0 N–H and O–H groups in total. The van der Waals surface area contributed by atoms with Gasteiger partial charge in [0.1, 0.15) is 0 Å². The van der Waals surface area contributed by atoms with Crippen LogP contribution in [-0.4, -0.2) is 38.6 Å². The van der Waals surface area contributed by atoms with Crippen LogP contribution in [0.2, 0.25) is 0 Å². The molecule has 1 aliphatic carbocycles. The van der Waals surface area contributed by atoms with Crippen LogP contribution < -0.4 is 8.92 Å². The highest BCUT2D eigenvalue weighted by Crippen LogP contribution is 2.33. The van der Waals surface area contributed by atoms with E-state index in [0.717, 1.165) is 18.4 Å². The highest BCUT2D eigenvalue weighted by molar-refractivity contribution is 7.87. The van der Waals surface area contributed by atoms with Gasteiger partial charge in [0.15, 0.2) is 11.5 Å². The van der Waals surface area contributed by atoms with Crippen LogP contribution in [-0.2, 0) is 21.5 Å². The lowest BCUT2D eigenvalue weighted by Crippen LogP contribution is -2.34. The Morgan fingerprint density at radius 3 is 2.48 bits per heavy atom. The molecule has 1 amide bonds. The topological polar surface area (TPSA) is 72.9 Å². The second-order valence-corrected chi connectivity index (χ2v) is 8.66. The van der Waals surface area contributed by atoms with Gasteiger partial charge in [-0.05, 0) is 43.4 Å². The molecule has 0 bridgehead atoms. The van der Waals surface area contributed by atoms with Gasteiger partial charge in [-0.1, -0.05) is 19.9 Å². The van der Waals surface area contributed by atoms with E-state index < -0.39 is 10.1 Å². The Balaban J connectivity index is 2.23. The van der Waals surface area contributed by atoms with Crippen LogP contribution in [0.15, 0.2) is 18.2 Å². The van der Waals surface area contributed by atoms with Gasteiger partial charge in [0, 0.05) is 19.0 Å². The minimum Gasteiger partial charge on any atom is -0.493 e. The molecule has 0 atom stereocenters. The second-order valence-electron chi connectivity index (χ2n) is 6.80. The third-order valence-corrected chi connectivity index (χ3v) is 5.14. The maximum Gasteiger partial charge on any atom is 0.309 e. The molecule has 25 heavy (non-hydrogen) atoms. The second kappa shape index (κ2) is 8.08. The Morgan fingerprint density at radius 2 is 1.96 bits per heavy atom. The lowest BCUT2D eigenvalue weighted by atomic mass is 10.1. The monoisotopic (exact) mass is 369 g/mol. The molecular weight excluding hydrogens is 342 g/mol. The molecule has 140 valence electrons. The average Bonchev–Trinajstić information content (AvgIpc) is 3.38. The molecule has 1 fully saturated rings. The van der Waals surface area contributed by atoms with Gasteiger partial charge in [0.25, 0.3) is 0 Å². The van der Waals surface area contributed by atoms with Crippen LogP contribution in [0, 0.1) is 11.8 Å². The fourth-order valence-electron chi connectivity index (χ4n) is 2.56. The summed E-state index contributed by atoms with van der Waals surface area (Å²) in [6.07, 6.45) is 1.91. The van der Waals surface area contributed by atoms with Crippen molar-refractivity contribution in [2.24, 2.45) is 11.8 Å². The summed E-state index contributed by atoms with van der Waals surface area (Å²) in [5, 5.41) is 0. The van der Waals surface area contributed by atoms with Crippen molar-refractivity contribution in [3.63, 3.8) is 0 Å². The molecule has 0 unspecified atom stereocenters. The Bertz CT molecular complexity index is 710. The van der Waals surface area contributed by atoms with E-state index in [4.69, 9.17) is 8.92 Å². The predicted octanol–water partition coefficient (Wildman–Crippen LogP) is 2.82. The van der Waals surface area contributed by atoms with Crippen molar-refractivity contribution in [3.05, 3.63) is 23.8 Å². The molecule has 2 rings (SSSR count). The SMILES string of the molecule is CCS(=O)(=O)Oc1cc(CN(CC(C)C)C(=O)C2CC2)ccc1OC. The van der Waals surface area contributed by atoms with Crippen LogP contribution in [0.1, 0.15) is 39.2 Å². The van der Waals surface area contributed by atoms with Gasteiger partial charge in [0.2, 0.25) is 5.91 Å². The molecule has 0 aliphatic heterocycles. The molecule has 0 aromatic heterocycles. The highest BCUT2D eigenvalue weighted by Gasteiger charge is 2.33. The van der Waals surface area contributed by atoms with Gasteiger partial charge in [-0.2, -0.15) is 8.42 Å². The normalized spacial score (nSPS) is 14.4. The van der Waals surface area contributed by atoms with Crippen LogP contribution in [0.5, 0.6) is 11.5 Å². The Kier molecular flexibility index (Phi) is 6.32. The van der Waals surface area contributed by atoms with Crippen LogP contribution in [0.4, 0.5) is 0 Å². The number of amides is 1. The largest absolute Gasteiger partial charge is 0.493 e. The molecule has 6 nitrogen and oxygen atoms in total. The number of carbonyl (C=O) groups excluding carboxylic acids is 1. The van der Waals surface area contributed by atoms with Crippen LogP contribution in [0.3, 0.4) is 0 Å². The van der Waals surface area contributed by atoms with Crippen LogP contribution in [0.25, 0.3) is 0 Å². The quantitative estimate of drug-likeness (QED) is 0.626. The predicted molar refractivity (Wildman–Crippen MR) is 96.1 cm³/mol. The zero-order valence-corrected chi connectivity index (χ0v) is 16.1. The number of ether oxygens (including phenoxy) is 1. The third kappa shape index (κ3) is 5.63. The van der Waals surface area contributed by atoms with E-state index in [1.54, 1.807) is 12.1 Å². The van der Waals surface area contributed by atoms with Crippen LogP contribution >= 0.6 is 0 Å². The zero-order valence-electron chi connectivity index (χ0n) is 15.3. The number of rotatable bonds is 9. The maximum atomic E-state index is 12.5.